The molecule has 1 aromatic rings. The number of ether oxygens (including phenoxy) is 1. The number of benzene rings is 1. The minimum Gasteiger partial charge on any atom is -0.461 e. The van der Waals surface area contributed by atoms with Crippen LogP contribution in [0.3, 0.4) is 0 Å². The van der Waals surface area contributed by atoms with Crippen molar-refractivity contribution >= 4 is 11.7 Å². The van der Waals surface area contributed by atoms with Gasteiger partial charge in [0.2, 0.25) is 0 Å². The Morgan fingerprint density at radius 1 is 1.38 bits per heavy atom. The molecule has 0 bridgehead atoms. The summed E-state index contributed by atoms with van der Waals surface area (Å²) in [7, 11) is 0. The normalized spacial score (nSPS) is 11.2. The molecule has 0 saturated heterocycles. The van der Waals surface area contributed by atoms with E-state index in [0.29, 0.717) is 12.8 Å². The first-order valence-electron chi connectivity index (χ1n) is 5.20. The number of hydrogen-bond acceptors (Lipinski definition) is 4. The molecule has 0 spiro atoms. The molecule has 0 aliphatic rings. The Hall–Kier alpha value is -1.84. The second-order valence-corrected chi connectivity index (χ2v) is 3.25. The summed E-state index contributed by atoms with van der Waals surface area (Å²) in [6.45, 7) is 1.99. The summed E-state index contributed by atoms with van der Waals surface area (Å²) in [5.74, 6) is -0.555. The third-order valence-corrected chi connectivity index (χ3v) is 2.13. The number of aryl methyl sites for hydroxylation is 1. The quantitative estimate of drug-likeness (QED) is 0.358. The van der Waals surface area contributed by atoms with Crippen molar-refractivity contribution < 1.29 is 14.7 Å². The molecule has 86 valence electrons. The molecule has 0 radical (unpaired) electrons. The molecule has 0 aromatic heterocycles. The van der Waals surface area contributed by atoms with Crippen LogP contribution in [-0.2, 0) is 16.0 Å². The van der Waals surface area contributed by atoms with Gasteiger partial charge in [-0.15, -0.1) is 0 Å². The lowest BCUT2D eigenvalue weighted by Crippen LogP contribution is -2.18. The largest absolute Gasteiger partial charge is 0.461 e. The molecule has 0 atom stereocenters. The van der Waals surface area contributed by atoms with Crippen LogP contribution in [-0.4, -0.2) is 23.5 Å². The summed E-state index contributed by atoms with van der Waals surface area (Å²) >= 11 is 0. The van der Waals surface area contributed by atoms with Gasteiger partial charge in [-0.25, -0.2) is 4.79 Å². The summed E-state index contributed by atoms with van der Waals surface area (Å²) in [6, 6.07) is 9.70. The first-order chi connectivity index (χ1) is 7.77. The zero-order valence-corrected chi connectivity index (χ0v) is 9.22. The molecule has 1 aromatic carbocycles. The number of oxime groups is 1. The maximum atomic E-state index is 11.3. The Morgan fingerprint density at radius 3 is 2.62 bits per heavy atom. The van der Waals surface area contributed by atoms with E-state index in [1.165, 1.54) is 0 Å². The molecule has 0 heterocycles. The maximum absolute atomic E-state index is 11.3. The van der Waals surface area contributed by atoms with Gasteiger partial charge in [0, 0.05) is 6.42 Å². The van der Waals surface area contributed by atoms with Gasteiger partial charge in [0.1, 0.15) is 0 Å². The van der Waals surface area contributed by atoms with Crippen molar-refractivity contribution in [1.82, 2.24) is 0 Å². The average molecular weight is 221 g/mol. The number of carbonyl (C=O) groups is 1. The van der Waals surface area contributed by atoms with Crippen LogP contribution in [0.2, 0.25) is 0 Å². The van der Waals surface area contributed by atoms with Crippen LogP contribution in [0, 0.1) is 0 Å². The molecule has 0 aliphatic heterocycles. The highest BCUT2D eigenvalue weighted by atomic mass is 16.5. The monoisotopic (exact) mass is 221 g/mol. The van der Waals surface area contributed by atoms with Gasteiger partial charge in [-0.05, 0) is 18.9 Å². The maximum Gasteiger partial charge on any atom is 0.356 e. The van der Waals surface area contributed by atoms with Crippen molar-refractivity contribution in [2.45, 2.75) is 19.8 Å². The second kappa shape index (κ2) is 6.61. The number of hydrogen-bond donors (Lipinski definition) is 1. The predicted octanol–water partition coefficient (Wildman–Crippen LogP) is 2.01. The van der Waals surface area contributed by atoms with Gasteiger partial charge in [0.05, 0.1) is 6.61 Å². The lowest BCUT2D eigenvalue weighted by Gasteiger charge is -2.04. The molecule has 1 N–H and O–H groups in total. The van der Waals surface area contributed by atoms with E-state index in [-0.39, 0.29) is 12.3 Å². The van der Waals surface area contributed by atoms with Crippen LogP contribution in [0.5, 0.6) is 0 Å². The third-order valence-electron chi connectivity index (χ3n) is 2.13. The lowest BCUT2D eigenvalue weighted by atomic mass is 10.1. The number of carbonyl (C=O) groups excluding carboxylic acids is 1. The van der Waals surface area contributed by atoms with Crippen LogP contribution in [0.15, 0.2) is 35.5 Å². The van der Waals surface area contributed by atoms with Crippen LogP contribution < -0.4 is 0 Å². The smallest absolute Gasteiger partial charge is 0.356 e. The van der Waals surface area contributed by atoms with Crippen LogP contribution in [0.1, 0.15) is 18.9 Å². The summed E-state index contributed by atoms with van der Waals surface area (Å²) in [5, 5.41) is 11.7. The van der Waals surface area contributed by atoms with Crippen molar-refractivity contribution in [3.63, 3.8) is 0 Å². The van der Waals surface area contributed by atoms with E-state index in [0.717, 1.165) is 5.56 Å². The molecule has 4 nitrogen and oxygen atoms in total. The van der Waals surface area contributed by atoms with E-state index in [1.54, 1.807) is 6.92 Å². The van der Waals surface area contributed by atoms with E-state index in [9.17, 15) is 4.79 Å². The van der Waals surface area contributed by atoms with Crippen molar-refractivity contribution in [3.05, 3.63) is 35.9 Å². The van der Waals surface area contributed by atoms with Crippen LogP contribution >= 0.6 is 0 Å². The number of nitrogens with zero attached hydrogens (tertiary/aromatic N) is 1. The van der Waals surface area contributed by atoms with Gasteiger partial charge in [0.15, 0.2) is 5.71 Å². The van der Waals surface area contributed by atoms with Gasteiger partial charge in [-0.1, -0.05) is 35.5 Å². The van der Waals surface area contributed by atoms with Crippen molar-refractivity contribution in [3.8, 4) is 0 Å². The minimum atomic E-state index is -0.555. The lowest BCUT2D eigenvalue weighted by molar-refractivity contribution is -0.135. The van der Waals surface area contributed by atoms with Crippen LogP contribution in [0.4, 0.5) is 0 Å². The molecular formula is C12H15NO3. The van der Waals surface area contributed by atoms with Crippen molar-refractivity contribution in [2.75, 3.05) is 6.61 Å². The standard InChI is InChI=1S/C12H15NO3/c1-2-16-12(14)11(13-15)9-8-10-6-4-3-5-7-10/h3-7,15H,2,8-9H2,1H3/b13-11+. The Balaban J connectivity index is 2.50. The zero-order valence-electron chi connectivity index (χ0n) is 9.22. The Bertz CT molecular complexity index is 360. The summed E-state index contributed by atoms with van der Waals surface area (Å²) in [6.07, 6.45) is 1.03. The van der Waals surface area contributed by atoms with E-state index in [2.05, 4.69) is 5.16 Å². The summed E-state index contributed by atoms with van der Waals surface area (Å²) in [4.78, 5) is 11.3. The topological polar surface area (TPSA) is 58.9 Å². The molecule has 16 heavy (non-hydrogen) atoms. The first-order valence-corrected chi connectivity index (χ1v) is 5.20. The fourth-order valence-corrected chi connectivity index (χ4v) is 1.31. The van der Waals surface area contributed by atoms with Crippen molar-refractivity contribution in [2.24, 2.45) is 5.16 Å². The highest BCUT2D eigenvalue weighted by Gasteiger charge is 2.12. The van der Waals surface area contributed by atoms with Crippen LogP contribution in [0.25, 0.3) is 0 Å². The fourth-order valence-electron chi connectivity index (χ4n) is 1.31. The second-order valence-electron chi connectivity index (χ2n) is 3.25. The molecule has 1 rings (SSSR count). The van der Waals surface area contributed by atoms with Crippen molar-refractivity contribution in [1.29, 1.82) is 0 Å². The zero-order chi connectivity index (χ0) is 11.8. The Labute approximate surface area is 94.5 Å². The number of rotatable bonds is 5. The molecule has 0 fully saturated rings. The predicted molar refractivity (Wildman–Crippen MR) is 60.6 cm³/mol. The van der Waals surface area contributed by atoms with Gasteiger partial charge in [-0.2, -0.15) is 0 Å². The van der Waals surface area contributed by atoms with E-state index >= 15 is 0 Å². The Morgan fingerprint density at radius 2 is 2.06 bits per heavy atom. The third kappa shape index (κ3) is 3.73. The summed E-state index contributed by atoms with van der Waals surface area (Å²) < 4.78 is 4.75. The van der Waals surface area contributed by atoms with Gasteiger partial charge >= 0.3 is 5.97 Å². The van der Waals surface area contributed by atoms with Gasteiger partial charge < -0.3 is 9.94 Å². The molecule has 4 heteroatoms. The Kier molecular flexibility index (Phi) is 5.05. The molecule has 0 unspecified atom stereocenters. The molecule has 0 amide bonds. The number of esters is 1. The molecule has 0 aliphatic carbocycles. The fraction of sp³-hybridized carbons (Fsp3) is 0.333. The minimum absolute atomic E-state index is 0.0608. The SMILES string of the molecule is CCOC(=O)/C(CCc1ccccc1)=N/O. The highest BCUT2D eigenvalue weighted by Crippen LogP contribution is 2.04. The molecular weight excluding hydrogens is 206 g/mol. The van der Waals surface area contributed by atoms with Gasteiger partial charge in [-0.3, -0.25) is 0 Å². The van der Waals surface area contributed by atoms with Gasteiger partial charge in [0.25, 0.3) is 0 Å². The first kappa shape index (κ1) is 12.2. The van der Waals surface area contributed by atoms with E-state index in [4.69, 9.17) is 9.94 Å². The van der Waals surface area contributed by atoms with E-state index < -0.39 is 5.97 Å². The van der Waals surface area contributed by atoms with E-state index in [1.807, 2.05) is 30.3 Å². The summed E-state index contributed by atoms with van der Waals surface area (Å²) in [5.41, 5.74) is 1.15. The average Bonchev–Trinajstić information content (AvgIpc) is 2.31. The molecule has 0 saturated carbocycles. The highest BCUT2D eigenvalue weighted by molar-refractivity contribution is 6.36.